The number of carbonyl (C=O) groups is 2. The number of carbonyl (C=O) groups excluding carboxylic acids is 2. The minimum atomic E-state index is -0.252. The molecular formula is C27H28N4O2. The maximum absolute atomic E-state index is 13.2. The first-order valence-electron chi connectivity index (χ1n) is 10.8. The molecule has 168 valence electrons. The van der Waals surface area contributed by atoms with Crippen molar-refractivity contribution in [1.29, 1.82) is 5.26 Å². The van der Waals surface area contributed by atoms with Gasteiger partial charge in [-0.2, -0.15) is 5.26 Å². The third kappa shape index (κ3) is 6.52. The molecule has 6 heteroatoms. The lowest BCUT2D eigenvalue weighted by Crippen LogP contribution is -2.41. The fourth-order valence-corrected chi connectivity index (χ4v) is 3.36. The molecule has 0 bridgehead atoms. The highest BCUT2D eigenvalue weighted by molar-refractivity contribution is 6.04. The van der Waals surface area contributed by atoms with Crippen molar-refractivity contribution in [2.24, 2.45) is 11.1 Å². The summed E-state index contributed by atoms with van der Waals surface area (Å²) in [6.07, 6.45) is 0. The smallest absolute Gasteiger partial charge is 0.255 e. The van der Waals surface area contributed by atoms with Gasteiger partial charge in [-0.3, -0.25) is 9.59 Å². The molecular weight excluding hydrogens is 412 g/mol. The number of nitrogens with zero attached hydrogens (tertiary/aromatic N) is 2. The van der Waals surface area contributed by atoms with E-state index in [-0.39, 0.29) is 17.2 Å². The molecule has 3 aromatic rings. The van der Waals surface area contributed by atoms with Gasteiger partial charge in [-0.05, 0) is 66.1 Å². The van der Waals surface area contributed by atoms with Gasteiger partial charge in [0.2, 0.25) is 0 Å². The number of hydrogen-bond donors (Lipinski definition) is 2. The quantitative estimate of drug-likeness (QED) is 0.541. The second-order valence-corrected chi connectivity index (χ2v) is 8.74. The van der Waals surface area contributed by atoms with E-state index in [2.05, 4.69) is 5.32 Å². The first-order chi connectivity index (χ1) is 15.8. The standard InChI is InChI=1S/C27H28N4O2/c1-27(2,18-29)19-31(26(33)23-6-4-3-5-7-23)17-21-10-14-24(15-11-21)30-25(32)22-12-8-20(16-28)9-13-22/h3-15H,17-19,29H2,1-2H3,(H,30,32). The maximum atomic E-state index is 13.2. The third-order valence-electron chi connectivity index (χ3n) is 5.34. The summed E-state index contributed by atoms with van der Waals surface area (Å²) < 4.78 is 0. The predicted molar refractivity (Wildman–Crippen MR) is 130 cm³/mol. The highest BCUT2D eigenvalue weighted by Gasteiger charge is 2.24. The Labute approximate surface area is 194 Å². The van der Waals surface area contributed by atoms with Crippen LogP contribution in [0.4, 0.5) is 5.69 Å². The SMILES string of the molecule is CC(C)(CN)CN(Cc1ccc(NC(=O)c2ccc(C#N)cc2)cc1)C(=O)c1ccccc1. The Morgan fingerprint density at radius 2 is 1.58 bits per heavy atom. The summed E-state index contributed by atoms with van der Waals surface area (Å²) in [4.78, 5) is 27.4. The number of nitrogens with one attached hydrogen (secondary N) is 1. The average Bonchev–Trinajstić information content (AvgIpc) is 2.84. The van der Waals surface area contributed by atoms with Crippen molar-refractivity contribution >= 4 is 17.5 Å². The van der Waals surface area contributed by atoms with Crippen molar-refractivity contribution in [3.63, 3.8) is 0 Å². The van der Waals surface area contributed by atoms with E-state index >= 15 is 0 Å². The molecule has 0 fully saturated rings. The molecule has 0 aliphatic rings. The van der Waals surface area contributed by atoms with Crippen LogP contribution in [0.2, 0.25) is 0 Å². The summed E-state index contributed by atoms with van der Waals surface area (Å²) in [6, 6.07) is 25.1. The molecule has 0 aromatic heterocycles. The molecule has 3 aromatic carbocycles. The van der Waals surface area contributed by atoms with Gasteiger partial charge in [-0.1, -0.05) is 44.2 Å². The predicted octanol–water partition coefficient (Wildman–Crippen LogP) is 4.44. The van der Waals surface area contributed by atoms with Crippen LogP contribution in [0.3, 0.4) is 0 Å². The highest BCUT2D eigenvalue weighted by atomic mass is 16.2. The third-order valence-corrected chi connectivity index (χ3v) is 5.34. The monoisotopic (exact) mass is 440 g/mol. The van der Waals surface area contributed by atoms with Gasteiger partial charge >= 0.3 is 0 Å². The Morgan fingerprint density at radius 3 is 2.15 bits per heavy atom. The first kappa shape index (κ1) is 23.7. The Bertz CT molecular complexity index is 1130. The lowest BCUT2D eigenvalue weighted by molar-refractivity contribution is 0.0673. The molecule has 0 heterocycles. The van der Waals surface area contributed by atoms with Crippen molar-refractivity contribution in [3.05, 3.63) is 101 Å². The van der Waals surface area contributed by atoms with Gasteiger partial charge < -0.3 is 16.0 Å². The Kier molecular flexibility index (Phi) is 7.60. The molecule has 33 heavy (non-hydrogen) atoms. The zero-order valence-electron chi connectivity index (χ0n) is 18.9. The number of anilines is 1. The highest BCUT2D eigenvalue weighted by Crippen LogP contribution is 2.20. The molecule has 0 spiro atoms. The summed E-state index contributed by atoms with van der Waals surface area (Å²) in [5, 5.41) is 11.7. The van der Waals surface area contributed by atoms with Crippen LogP contribution in [-0.4, -0.2) is 29.8 Å². The molecule has 2 amide bonds. The van der Waals surface area contributed by atoms with Crippen molar-refractivity contribution in [1.82, 2.24) is 4.90 Å². The van der Waals surface area contributed by atoms with Crippen LogP contribution in [0, 0.1) is 16.7 Å². The summed E-state index contributed by atoms with van der Waals surface area (Å²) in [7, 11) is 0. The fraction of sp³-hybridized carbons (Fsp3) is 0.222. The summed E-state index contributed by atoms with van der Waals surface area (Å²) >= 11 is 0. The molecule has 3 N–H and O–H groups in total. The Hall–Kier alpha value is -3.95. The molecule has 0 aliphatic heterocycles. The summed E-state index contributed by atoms with van der Waals surface area (Å²) in [5.41, 5.74) is 8.91. The molecule has 0 unspecified atom stereocenters. The molecule has 0 saturated heterocycles. The van der Waals surface area contributed by atoms with Crippen LogP contribution in [0.5, 0.6) is 0 Å². The van der Waals surface area contributed by atoms with Gasteiger partial charge in [0.05, 0.1) is 11.6 Å². The van der Waals surface area contributed by atoms with Crippen molar-refractivity contribution in [3.8, 4) is 6.07 Å². The molecule has 0 radical (unpaired) electrons. The second kappa shape index (κ2) is 10.6. The van der Waals surface area contributed by atoms with Gasteiger partial charge in [-0.15, -0.1) is 0 Å². The van der Waals surface area contributed by atoms with E-state index in [0.29, 0.717) is 42.0 Å². The van der Waals surface area contributed by atoms with Crippen LogP contribution in [0.15, 0.2) is 78.9 Å². The van der Waals surface area contributed by atoms with E-state index in [4.69, 9.17) is 11.0 Å². The average molecular weight is 441 g/mol. The van der Waals surface area contributed by atoms with Gasteiger partial charge in [0.1, 0.15) is 0 Å². The van der Waals surface area contributed by atoms with Crippen LogP contribution in [0.25, 0.3) is 0 Å². The summed E-state index contributed by atoms with van der Waals surface area (Å²) in [5.74, 6) is -0.298. The molecule has 0 atom stereocenters. The number of rotatable bonds is 8. The normalized spacial score (nSPS) is 10.8. The largest absolute Gasteiger partial charge is 0.334 e. The van der Waals surface area contributed by atoms with E-state index in [9.17, 15) is 9.59 Å². The van der Waals surface area contributed by atoms with Crippen LogP contribution >= 0.6 is 0 Å². The number of amides is 2. The van der Waals surface area contributed by atoms with Crippen molar-refractivity contribution in [2.75, 3.05) is 18.4 Å². The van der Waals surface area contributed by atoms with Crippen LogP contribution in [-0.2, 0) is 6.54 Å². The van der Waals surface area contributed by atoms with E-state index < -0.39 is 0 Å². The fourth-order valence-electron chi connectivity index (χ4n) is 3.36. The van der Waals surface area contributed by atoms with E-state index in [1.165, 1.54) is 0 Å². The minimum Gasteiger partial charge on any atom is -0.334 e. The zero-order chi connectivity index (χ0) is 23.8. The van der Waals surface area contributed by atoms with E-state index in [1.54, 1.807) is 24.3 Å². The molecule has 0 saturated carbocycles. The van der Waals surface area contributed by atoms with Gasteiger partial charge in [-0.25, -0.2) is 0 Å². The van der Waals surface area contributed by atoms with Gasteiger partial charge in [0, 0.05) is 29.9 Å². The number of benzene rings is 3. The van der Waals surface area contributed by atoms with E-state index in [0.717, 1.165) is 5.56 Å². The van der Waals surface area contributed by atoms with Crippen molar-refractivity contribution in [2.45, 2.75) is 20.4 Å². The molecule has 6 nitrogen and oxygen atoms in total. The topological polar surface area (TPSA) is 99.2 Å². The molecule has 0 aliphatic carbocycles. The Balaban J connectivity index is 1.72. The molecule has 3 rings (SSSR count). The maximum Gasteiger partial charge on any atom is 0.255 e. The van der Waals surface area contributed by atoms with Crippen LogP contribution in [0.1, 0.15) is 45.7 Å². The zero-order valence-corrected chi connectivity index (χ0v) is 18.9. The Morgan fingerprint density at radius 1 is 0.939 bits per heavy atom. The second-order valence-electron chi connectivity index (χ2n) is 8.74. The van der Waals surface area contributed by atoms with Gasteiger partial charge in [0.15, 0.2) is 0 Å². The first-order valence-corrected chi connectivity index (χ1v) is 10.8. The minimum absolute atomic E-state index is 0.0460. The van der Waals surface area contributed by atoms with Crippen molar-refractivity contribution < 1.29 is 9.59 Å². The summed E-state index contributed by atoms with van der Waals surface area (Å²) in [6.45, 7) is 5.50. The van der Waals surface area contributed by atoms with Gasteiger partial charge in [0.25, 0.3) is 11.8 Å². The van der Waals surface area contributed by atoms with E-state index in [1.807, 2.05) is 79.4 Å². The number of nitrogens with two attached hydrogens (primary N) is 1. The van der Waals surface area contributed by atoms with Crippen LogP contribution < -0.4 is 11.1 Å². The lowest BCUT2D eigenvalue weighted by Gasteiger charge is -2.32. The number of nitriles is 1. The number of hydrogen-bond acceptors (Lipinski definition) is 4. The lowest BCUT2D eigenvalue weighted by atomic mass is 9.92.